The summed E-state index contributed by atoms with van der Waals surface area (Å²) in [7, 11) is 2.19. The summed E-state index contributed by atoms with van der Waals surface area (Å²) in [4.78, 5) is 4.72. The zero-order chi connectivity index (χ0) is 12.3. The predicted molar refractivity (Wildman–Crippen MR) is 70.5 cm³/mol. The van der Waals surface area contributed by atoms with Gasteiger partial charge in [-0.05, 0) is 25.6 Å². The van der Waals surface area contributed by atoms with Gasteiger partial charge in [-0.25, -0.2) is 0 Å². The summed E-state index contributed by atoms with van der Waals surface area (Å²) in [6.07, 6.45) is 1.17. The predicted octanol–water partition coefficient (Wildman–Crippen LogP) is 1.75. The molecule has 0 aromatic carbocycles. The van der Waals surface area contributed by atoms with Crippen LogP contribution in [0.5, 0.6) is 0 Å². The highest BCUT2D eigenvalue weighted by atomic mass is 35.5. The van der Waals surface area contributed by atoms with Gasteiger partial charge in [0.25, 0.3) is 0 Å². The fourth-order valence-electron chi connectivity index (χ4n) is 2.19. The average molecular weight is 255 g/mol. The summed E-state index contributed by atoms with van der Waals surface area (Å²) < 4.78 is 0. The van der Waals surface area contributed by atoms with E-state index >= 15 is 0 Å². The Kier molecular flexibility index (Phi) is 4.18. The lowest BCUT2D eigenvalue weighted by Gasteiger charge is -2.39. The van der Waals surface area contributed by atoms with Crippen molar-refractivity contribution in [3.05, 3.63) is 17.8 Å². The second kappa shape index (κ2) is 5.65. The maximum atomic E-state index is 5.71. The lowest BCUT2D eigenvalue weighted by atomic mass is 10.1. The van der Waals surface area contributed by atoms with Crippen molar-refractivity contribution >= 4 is 17.4 Å². The molecule has 1 aliphatic heterocycles. The Balaban J connectivity index is 2.06. The van der Waals surface area contributed by atoms with Gasteiger partial charge in [0.05, 0.1) is 11.6 Å². The van der Waals surface area contributed by atoms with E-state index in [0.29, 0.717) is 11.9 Å². The highest BCUT2D eigenvalue weighted by Crippen LogP contribution is 2.17. The standard InChI is InChI=1S/C12H19ClN4/c1-3-11-9-17(7-6-16(11)2)12-5-4-10(8-13)14-15-12/h4-5,11H,3,6-9H2,1-2H3. The second-order valence-electron chi connectivity index (χ2n) is 4.51. The van der Waals surface area contributed by atoms with Gasteiger partial charge in [0.15, 0.2) is 5.82 Å². The van der Waals surface area contributed by atoms with Crippen LogP contribution in [0.25, 0.3) is 0 Å². The van der Waals surface area contributed by atoms with Crippen molar-refractivity contribution in [3.63, 3.8) is 0 Å². The molecule has 1 fully saturated rings. The molecule has 17 heavy (non-hydrogen) atoms. The van der Waals surface area contributed by atoms with Crippen LogP contribution in [0.4, 0.5) is 5.82 Å². The van der Waals surface area contributed by atoms with Gasteiger partial charge >= 0.3 is 0 Å². The summed E-state index contributed by atoms with van der Waals surface area (Å²) in [5.74, 6) is 1.39. The molecule has 4 nitrogen and oxygen atoms in total. The molecule has 2 heterocycles. The van der Waals surface area contributed by atoms with E-state index in [1.807, 2.05) is 12.1 Å². The van der Waals surface area contributed by atoms with E-state index < -0.39 is 0 Å². The van der Waals surface area contributed by atoms with E-state index in [1.165, 1.54) is 6.42 Å². The number of piperazine rings is 1. The monoisotopic (exact) mass is 254 g/mol. The summed E-state index contributed by atoms with van der Waals surface area (Å²) in [5, 5.41) is 8.34. The molecule has 94 valence electrons. The van der Waals surface area contributed by atoms with Gasteiger partial charge in [-0.3, -0.25) is 4.90 Å². The van der Waals surface area contributed by atoms with Crippen molar-refractivity contribution in [2.75, 3.05) is 31.6 Å². The van der Waals surface area contributed by atoms with Gasteiger partial charge in [-0.15, -0.1) is 16.7 Å². The molecule has 0 spiro atoms. The average Bonchev–Trinajstić information content (AvgIpc) is 2.39. The third-order valence-corrected chi connectivity index (χ3v) is 3.69. The Morgan fingerprint density at radius 2 is 2.18 bits per heavy atom. The van der Waals surface area contributed by atoms with Crippen LogP contribution in [-0.2, 0) is 5.88 Å². The van der Waals surface area contributed by atoms with E-state index in [4.69, 9.17) is 11.6 Å². The van der Waals surface area contributed by atoms with Crippen molar-refractivity contribution < 1.29 is 0 Å². The largest absolute Gasteiger partial charge is 0.352 e. The summed E-state index contributed by atoms with van der Waals surface area (Å²) in [5.41, 5.74) is 0.830. The van der Waals surface area contributed by atoms with E-state index in [2.05, 4.69) is 34.0 Å². The van der Waals surface area contributed by atoms with Crippen LogP contribution in [0.1, 0.15) is 19.0 Å². The van der Waals surface area contributed by atoms with Gasteiger partial charge in [-0.2, -0.15) is 5.10 Å². The lowest BCUT2D eigenvalue weighted by molar-refractivity contribution is 0.212. The summed E-state index contributed by atoms with van der Waals surface area (Å²) in [6.45, 7) is 5.36. The normalized spacial score (nSPS) is 21.8. The van der Waals surface area contributed by atoms with Crippen LogP contribution >= 0.6 is 11.6 Å². The molecule has 0 saturated carbocycles. The third kappa shape index (κ3) is 2.87. The molecule has 0 radical (unpaired) electrons. The maximum Gasteiger partial charge on any atom is 0.151 e. The molecule has 2 rings (SSSR count). The molecular formula is C12H19ClN4. The maximum absolute atomic E-state index is 5.71. The Bertz CT molecular complexity index is 354. The molecule has 1 atom stereocenters. The van der Waals surface area contributed by atoms with E-state index in [9.17, 15) is 0 Å². The number of hydrogen-bond donors (Lipinski definition) is 0. The van der Waals surface area contributed by atoms with Crippen LogP contribution in [0.15, 0.2) is 12.1 Å². The number of nitrogens with zero attached hydrogens (tertiary/aromatic N) is 4. The zero-order valence-corrected chi connectivity index (χ0v) is 11.2. The minimum Gasteiger partial charge on any atom is -0.352 e. The van der Waals surface area contributed by atoms with Crippen molar-refractivity contribution in [2.24, 2.45) is 0 Å². The van der Waals surface area contributed by atoms with Crippen molar-refractivity contribution in [1.82, 2.24) is 15.1 Å². The molecule has 1 unspecified atom stereocenters. The molecule has 0 aliphatic carbocycles. The number of aromatic nitrogens is 2. The minimum absolute atomic E-state index is 0.424. The first kappa shape index (κ1) is 12.6. The van der Waals surface area contributed by atoms with E-state index in [1.54, 1.807) is 0 Å². The molecule has 1 aromatic heterocycles. The molecule has 1 saturated heterocycles. The smallest absolute Gasteiger partial charge is 0.151 e. The Morgan fingerprint density at radius 1 is 1.35 bits per heavy atom. The van der Waals surface area contributed by atoms with Crippen molar-refractivity contribution in [3.8, 4) is 0 Å². The van der Waals surface area contributed by atoms with Crippen LogP contribution in [0, 0.1) is 0 Å². The fraction of sp³-hybridized carbons (Fsp3) is 0.667. The number of anilines is 1. The molecule has 0 N–H and O–H groups in total. The number of alkyl halides is 1. The lowest BCUT2D eigenvalue weighted by Crippen LogP contribution is -2.51. The van der Waals surface area contributed by atoms with Gasteiger partial charge in [0, 0.05) is 25.7 Å². The fourth-order valence-corrected chi connectivity index (χ4v) is 2.33. The number of hydrogen-bond acceptors (Lipinski definition) is 4. The van der Waals surface area contributed by atoms with Gasteiger partial charge in [0.1, 0.15) is 0 Å². The van der Waals surface area contributed by atoms with Gasteiger partial charge < -0.3 is 4.90 Å². The minimum atomic E-state index is 0.424. The molecule has 1 aromatic rings. The Hall–Kier alpha value is -0.870. The van der Waals surface area contributed by atoms with E-state index in [0.717, 1.165) is 31.1 Å². The van der Waals surface area contributed by atoms with Crippen molar-refractivity contribution in [2.45, 2.75) is 25.3 Å². The zero-order valence-electron chi connectivity index (χ0n) is 10.4. The van der Waals surface area contributed by atoms with Gasteiger partial charge in [0.2, 0.25) is 0 Å². The summed E-state index contributed by atoms with van der Waals surface area (Å²) in [6, 6.07) is 4.58. The summed E-state index contributed by atoms with van der Waals surface area (Å²) >= 11 is 5.71. The highest BCUT2D eigenvalue weighted by molar-refractivity contribution is 6.16. The van der Waals surface area contributed by atoms with Crippen LogP contribution < -0.4 is 4.90 Å². The molecular weight excluding hydrogens is 236 g/mol. The van der Waals surface area contributed by atoms with Crippen LogP contribution in [0.3, 0.4) is 0 Å². The molecule has 0 amide bonds. The number of likely N-dealkylation sites (N-methyl/N-ethyl adjacent to an activating group) is 1. The van der Waals surface area contributed by atoms with E-state index in [-0.39, 0.29) is 0 Å². The highest BCUT2D eigenvalue weighted by Gasteiger charge is 2.23. The third-order valence-electron chi connectivity index (χ3n) is 3.41. The number of halogens is 1. The second-order valence-corrected chi connectivity index (χ2v) is 4.77. The molecule has 0 bridgehead atoms. The first-order valence-electron chi connectivity index (χ1n) is 6.08. The SMILES string of the molecule is CCC1CN(c2ccc(CCl)nn2)CCN1C. The number of rotatable bonds is 3. The Labute approximate surface area is 108 Å². The van der Waals surface area contributed by atoms with Crippen molar-refractivity contribution in [1.29, 1.82) is 0 Å². The topological polar surface area (TPSA) is 32.3 Å². The van der Waals surface area contributed by atoms with Crippen LogP contribution in [-0.4, -0.2) is 47.8 Å². The quantitative estimate of drug-likeness (QED) is 0.770. The first-order valence-corrected chi connectivity index (χ1v) is 6.61. The molecule has 5 heteroatoms. The van der Waals surface area contributed by atoms with Gasteiger partial charge in [-0.1, -0.05) is 6.92 Å². The Morgan fingerprint density at radius 3 is 2.76 bits per heavy atom. The van der Waals surface area contributed by atoms with Crippen LogP contribution in [0.2, 0.25) is 0 Å². The molecule has 1 aliphatic rings. The first-order chi connectivity index (χ1) is 8.24.